The lowest BCUT2D eigenvalue weighted by Gasteiger charge is -2.32. The van der Waals surface area contributed by atoms with E-state index in [4.69, 9.17) is 32.7 Å². The fourth-order valence-electron chi connectivity index (χ4n) is 3.77. The van der Waals surface area contributed by atoms with Crippen molar-refractivity contribution < 1.29 is 19.1 Å². The lowest BCUT2D eigenvalue weighted by atomic mass is 10.0. The number of nitrogens with one attached hydrogen (secondary N) is 1. The molecule has 1 unspecified atom stereocenters. The lowest BCUT2D eigenvalue weighted by molar-refractivity contribution is -0.142. The Kier molecular flexibility index (Phi) is 10.7. The molecule has 1 N–H and O–H groups in total. The number of rotatable bonds is 12. The van der Waals surface area contributed by atoms with Crippen LogP contribution in [0.3, 0.4) is 0 Å². The van der Waals surface area contributed by atoms with Gasteiger partial charge < -0.3 is 19.7 Å². The van der Waals surface area contributed by atoms with Gasteiger partial charge in [-0.3, -0.25) is 9.59 Å². The van der Waals surface area contributed by atoms with Crippen molar-refractivity contribution in [1.82, 2.24) is 10.2 Å². The topological polar surface area (TPSA) is 67.9 Å². The summed E-state index contributed by atoms with van der Waals surface area (Å²) in [6, 6.07) is 21.1. The van der Waals surface area contributed by atoms with Gasteiger partial charge in [-0.25, -0.2) is 0 Å². The van der Waals surface area contributed by atoms with Crippen molar-refractivity contribution in [2.75, 3.05) is 20.3 Å². The van der Waals surface area contributed by atoms with Crippen molar-refractivity contribution in [3.63, 3.8) is 0 Å². The average molecular weight is 543 g/mol. The van der Waals surface area contributed by atoms with Crippen LogP contribution in [0.4, 0.5) is 0 Å². The molecule has 0 aliphatic carbocycles. The van der Waals surface area contributed by atoms with Crippen LogP contribution in [0.5, 0.6) is 11.5 Å². The molecule has 2 amide bonds. The molecule has 0 aromatic heterocycles. The van der Waals surface area contributed by atoms with Gasteiger partial charge in [0.05, 0.1) is 17.2 Å². The Labute approximate surface area is 228 Å². The smallest absolute Gasteiger partial charge is 0.261 e. The van der Waals surface area contributed by atoms with Gasteiger partial charge >= 0.3 is 0 Å². The highest BCUT2D eigenvalue weighted by Gasteiger charge is 2.31. The minimum Gasteiger partial charge on any atom is -0.493 e. The zero-order valence-electron chi connectivity index (χ0n) is 21.2. The number of nitrogens with zero attached hydrogens (tertiary/aromatic N) is 1. The Balaban J connectivity index is 1.93. The summed E-state index contributed by atoms with van der Waals surface area (Å²) in [7, 11) is 1.54. The molecule has 37 heavy (non-hydrogen) atoms. The average Bonchev–Trinajstić information content (AvgIpc) is 2.90. The number of hydrogen-bond donors (Lipinski definition) is 1. The van der Waals surface area contributed by atoms with Gasteiger partial charge in [-0.15, -0.1) is 0 Å². The summed E-state index contributed by atoms with van der Waals surface area (Å²) >= 11 is 12.4. The number of carbonyl (C=O) groups is 2. The van der Waals surface area contributed by atoms with Crippen LogP contribution in [0.1, 0.15) is 25.0 Å². The molecule has 0 saturated carbocycles. The normalized spacial score (nSPS) is 11.6. The van der Waals surface area contributed by atoms with Gasteiger partial charge in [0, 0.05) is 19.5 Å². The number of benzene rings is 3. The van der Waals surface area contributed by atoms with E-state index in [9.17, 15) is 9.59 Å². The molecule has 0 fully saturated rings. The van der Waals surface area contributed by atoms with E-state index < -0.39 is 6.04 Å². The third-order valence-corrected chi connectivity index (χ3v) is 6.45. The van der Waals surface area contributed by atoms with Gasteiger partial charge in [0.1, 0.15) is 6.04 Å². The third kappa shape index (κ3) is 8.41. The number of carbonyl (C=O) groups excluding carboxylic acids is 2. The highest BCUT2D eigenvalue weighted by Crippen LogP contribution is 2.27. The largest absolute Gasteiger partial charge is 0.493 e. The zero-order valence-corrected chi connectivity index (χ0v) is 22.8. The Bertz CT molecular complexity index is 1190. The molecular formula is C29H32Cl2N2O4. The Morgan fingerprint density at radius 1 is 0.892 bits per heavy atom. The van der Waals surface area contributed by atoms with Crippen LogP contribution in [0.15, 0.2) is 72.8 Å². The lowest BCUT2D eigenvalue weighted by Crippen LogP contribution is -2.52. The van der Waals surface area contributed by atoms with E-state index in [0.29, 0.717) is 34.5 Å². The van der Waals surface area contributed by atoms with Crippen molar-refractivity contribution >= 4 is 35.0 Å². The maximum Gasteiger partial charge on any atom is 0.261 e. The van der Waals surface area contributed by atoms with E-state index in [1.165, 1.54) is 12.0 Å². The molecule has 0 aliphatic rings. The van der Waals surface area contributed by atoms with Crippen LogP contribution in [0, 0.1) is 5.92 Å². The summed E-state index contributed by atoms with van der Waals surface area (Å²) in [6.07, 6.45) is 0.340. The number of methoxy groups -OCH3 is 1. The molecule has 0 saturated heterocycles. The molecule has 3 aromatic rings. The van der Waals surface area contributed by atoms with Gasteiger partial charge in [0.25, 0.3) is 5.91 Å². The molecule has 0 bridgehead atoms. The summed E-state index contributed by atoms with van der Waals surface area (Å²) in [5, 5.41) is 3.79. The summed E-state index contributed by atoms with van der Waals surface area (Å²) in [5.41, 5.74) is 1.68. The van der Waals surface area contributed by atoms with Crippen molar-refractivity contribution in [2.45, 2.75) is 32.9 Å². The van der Waals surface area contributed by atoms with Crippen molar-refractivity contribution in [1.29, 1.82) is 0 Å². The first-order valence-corrected chi connectivity index (χ1v) is 12.8. The van der Waals surface area contributed by atoms with Crippen LogP contribution in [-0.4, -0.2) is 43.0 Å². The molecule has 3 aromatic carbocycles. The minimum absolute atomic E-state index is 0.150. The van der Waals surface area contributed by atoms with E-state index in [1.54, 1.807) is 36.4 Å². The van der Waals surface area contributed by atoms with E-state index >= 15 is 0 Å². The maximum absolute atomic E-state index is 13.7. The zero-order chi connectivity index (χ0) is 26.8. The molecule has 8 heteroatoms. The Hall–Kier alpha value is -3.22. The van der Waals surface area contributed by atoms with Crippen molar-refractivity contribution in [2.24, 2.45) is 5.92 Å². The van der Waals surface area contributed by atoms with Crippen molar-refractivity contribution in [3.05, 3.63) is 94.0 Å². The van der Waals surface area contributed by atoms with Crippen LogP contribution in [0.25, 0.3) is 0 Å². The number of hydrogen-bond acceptors (Lipinski definition) is 4. The predicted molar refractivity (Wildman–Crippen MR) is 147 cm³/mol. The van der Waals surface area contributed by atoms with E-state index in [1.807, 2.05) is 50.2 Å². The summed E-state index contributed by atoms with van der Waals surface area (Å²) in [5.74, 6) is 0.633. The van der Waals surface area contributed by atoms with Gasteiger partial charge in [-0.05, 0) is 41.3 Å². The van der Waals surface area contributed by atoms with Gasteiger partial charge in [-0.2, -0.15) is 0 Å². The fraction of sp³-hybridized carbons (Fsp3) is 0.310. The van der Waals surface area contributed by atoms with Crippen LogP contribution < -0.4 is 14.8 Å². The summed E-state index contributed by atoms with van der Waals surface area (Å²) < 4.78 is 11.2. The minimum atomic E-state index is -0.774. The highest BCUT2D eigenvalue weighted by atomic mass is 35.5. The molecule has 0 heterocycles. The number of amides is 2. The molecule has 1 atom stereocenters. The maximum atomic E-state index is 13.7. The molecule has 0 aliphatic heterocycles. The fourth-order valence-corrected chi connectivity index (χ4v) is 4.09. The van der Waals surface area contributed by atoms with Crippen LogP contribution in [-0.2, 0) is 22.6 Å². The van der Waals surface area contributed by atoms with Crippen LogP contribution >= 0.6 is 23.2 Å². The van der Waals surface area contributed by atoms with Crippen molar-refractivity contribution in [3.8, 4) is 11.5 Å². The monoisotopic (exact) mass is 542 g/mol. The quantitative estimate of drug-likeness (QED) is 0.314. The third-order valence-electron chi connectivity index (χ3n) is 5.71. The predicted octanol–water partition coefficient (Wildman–Crippen LogP) is 5.79. The first kappa shape index (κ1) is 28.4. The van der Waals surface area contributed by atoms with Crippen LogP contribution in [0.2, 0.25) is 10.0 Å². The molecule has 0 spiro atoms. The van der Waals surface area contributed by atoms with E-state index in [0.717, 1.165) is 11.1 Å². The number of ether oxygens (including phenoxy) is 2. The SMILES string of the molecule is COc1ccccc1OCC(=O)N(Cc1ccc(Cl)c(Cl)c1)C(Cc1ccccc1)C(=O)NCC(C)C. The molecule has 3 rings (SSSR count). The summed E-state index contributed by atoms with van der Waals surface area (Å²) in [6.45, 7) is 4.41. The van der Waals surface area contributed by atoms with Gasteiger partial charge in [0.15, 0.2) is 18.1 Å². The number of para-hydroxylation sites is 2. The molecule has 6 nitrogen and oxygen atoms in total. The second-order valence-electron chi connectivity index (χ2n) is 9.05. The second kappa shape index (κ2) is 13.9. The molecule has 196 valence electrons. The first-order valence-electron chi connectivity index (χ1n) is 12.1. The number of halogens is 2. The molecular weight excluding hydrogens is 511 g/mol. The highest BCUT2D eigenvalue weighted by molar-refractivity contribution is 6.42. The Morgan fingerprint density at radius 3 is 2.22 bits per heavy atom. The molecule has 0 radical (unpaired) electrons. The van der Waals surface area contributed by atoms with E-state index in [2.05, 4.69) is 5.32 Å². The van der Waals surface area contributed by atoms with Gasteiger partial charge in [-0.1, -0.05) is 85.6 Å². The van der Waals surface area contributed by atoms with E-state index in [-0.39, 0.29) is 30.9 Å². The second-order valence-corrected chi connectivity index (χ2v) is 9.87. The Morgan fingerprint density at radius 2 is 1.57 bits per heavy atom. The van der Waals surface area contributed by atoms with Gasteiger partial charge in [0.2, 0.25) is 5.91 Å². The summed E-state index contributed by atoms with van der Waals surface area (Å²) in [4.78, 5) is 28.7. The first-order chi connectivity index (χ1) is 17.8. The standard InChI is InChI=1S/C29H32Cl2N2O4/c1-20(2)17-32-29(35)25(16-21-9-5-4-6-10-21)33(18-22-13-14-23(30)24(31)15-22)28(34)19-37-27-12-8-7-11-26(27)36-3/h4-15,20,25H,16-19H2,1-3H3,(H,32,35).